The van der Waals surface area contributed by atoms with Gasteiger partial charge in [0, 0.05) is 19.5 Å². The Morgan fingerprint density at radius 1 is 1.15 bits per heavy atom. The maximum atomic E-state index is 11.9. The predicted octanol–water partition coefficient (Wildman–Crippen LogP) is 0.970. The average molecular weight is 358 g/mol. The van der Waals surface area contributed by atoms with Crippen LogP contribution in [-0.2, 0) is 9.59 Å². The first-order valence-corrected chi connectivity index (χ1v) is 9.27. The van der Waals surface area contributed by atoms with Crippen molar-refractivity contribution in [3.8, 4) is 0 Å². The smallest absolute Gasteiger partial charge is 0.322 e. The number of carbonyl (C=O) groups excluding carboxylic acids is 3. The third kappa shape index (κ3) is 5.05. The van der Waals surface area contributed by atoms with Crippen LogP contribution in [0.15, 0.2) is 30.3 Å². The SMILES string of the molecule is O=C(CCC1NC(=O)NC1=O)NCCN1CCC(c2ccccc2)CC1. The number of imide groups is 1. The highest BCUT2D eigenvalue weighted by Gasteiger charge is 2.29. The van der Waals surface area contributed by atoms with E-state index in [1.807, 2.05) is 6.07 Å². The summed E-state index contributed by atoms with van der Waals surface area (Å²) in [6, 6.07) is 9.57. The average Bonchev–Trinajstić information content (AvgIpc) is 2.98. The number of benzene rings is 1. The summed E-state index contributed by atoms with van der Waals surface area (Å²) in [4.78, 5) is 36.7. The van der Waals surface area contributed by atoms with E-state index >= 15 is 0 Å². The molecule has 26 heavy (non-hydrogen) atoms. The van der Waals surface area contributed by atoms with Crippen molar-refractivity contribution in [3.63, 3.8) is 0 Å². The quantitative estimate of drug-likeness (QED) is 0.634. The van der Waals surface area contributed by atoms with Crippen molar-refractivity contribution in [1.29, 1.82) is 0 Å². The van der Waals surface area contributed by atoms with Gasteiger partial charge in [-0.1, -0.05) is 30.3 Å². The normalized spacial score (nSPS) is 21.3. The van der Waals surface area contributed by atoms with Crippen LogP contribution in [0, 0.1) is 0 Å². The van der Waals surface area contributed by atoms with E-state index in [2.05, 4.69) is 45.1 Å². The fraction of sp³-hybridized carbons (Fsp3) is 0.526. The van der Waals surface area contributed by atoms with Crippen molar-refractivity contribution in [1.82, 2.24) is 20.9 Å². The second kappa shape index (κ2) is 8.80. The number of hydrogen-bond donors (Lipinski definition) is 3. The molecule has 0 aliphatic carbocycles. The van der Waals surface area contributed by atoms with Crippen molar-refractivity contribution in [2.75, 3.05) is 26.2 Å². The molecule has 4 amide bonds. The highest BCUT2D eigenvalue weighted by atomic mass is 16.2. The molecule has 1 atom stereocenters. The summed E-state index contributed by atoms with van der Waals surface area (Å²) < 4.78 is 0. The van der Waals surface area contributed by atoms with E-state index in [1.165, 1.54) is 5.56 Å². The van der Waals surface area contributed by atoms with Crippen molar-refractivity contribution in [2.45, 2.75) is 37.6 Å². The first kappa shape index (κ1) is 18.4. The van der Waals surface area contributed by atoms with Gasteiger partial charge in [0.1, 0.15) is 6.04 Å². The third-order valence-electron chi connectivity index (χ3n) is 5.13. The van der Waals surface area contributed by atoms with Gasteiger partial charge in [-0.05, 0) is 43.8 Å². The lowest BCUT2D eigenvalue weighted by Gasteiger charge is -2.32. The molecule has 2 heterocycles. The zero-order valence-corrected chi connectivity index (χ0v) is 14.9. The zero-order valence-electron chi connectivity index (χ0n) is 14.9. The van der Waals surface area contributed by atoms with E-state index in [-0.39, 0.29) is 18.2 Å². The van der Waals surface area contributed by atoms with Crippen LogP contribution in [-0.4, -0.2) is 55.0 Å². The minimum absolute atomic E-state index is 0.0851. The Labute approximate surface area is 153 Å². The van der Waals surface area contributed by atoms with Crippen molar-refractivity contribution in [3.05, 3.63) is 35.9 Å². The molecule has 0 radical (unpaired) electrons. The van der Waals surface area contributed by atoms with Gasteiger partial charge in [-0.3, -0.25) is 14.9 Å². The van der Waals surface area contributed by atoms with Gasteiger partial charge in [-0.2, -0.15) is 0 Å². The van der Waals surface area contributed by atoms with Gasteiger partial charge < -0.3 is 15.5 Å². The van der Waals surface area contributed by atoms with Crippen molar-refractivity contribution < 1.29 is 14.4 Å². The van der Waals surface area contributed by atoms with Gasteiger partial charge in [-0.25, -0.2) is 4.79 Å². The molecule has 2 saturated heterocycles. The van der Waals surface area contributed by atoms with Gasteiger partial charge in [0.25, 0.3) is 5.91 Å². The lowest BCUT2D eigenvalue weighted by Crippen LogP contribution is -2.39. The first-order chi connectivity index (χ1) is 12.6. The van der Waals surface area contributed by atoms with Gasteiger partial charge >= 0.3 is 6.03 Å². The van der Waals surface area contributed by atoms with Crippen LogP contribution in [0.1, 0.15) is 37.2 Å². The molecule has 2 fully saturated rings. The van der Waals surface area contributed by atoms with Crippen molar-refractivity contribution in [2.24, 2.45) is 0 Å². The van der Waals surface area contributed by atoms with Crippen LogP contribution >= 0.6 is 0 Å². The molecule has 3 N–H and O–H groups in total. The minimum Gasteiger partial charge on any atom is -0.355 e. The molecular weight excluding hydrogens is 332 g/mol. The Bertz CT molecular complexity index is 641. The van der Waals surface area contributed by atoms with E-state index in [1.54, 1.807) is 0 Å². The second-order valence-electron chi connectivity index (χ2n) is 6.93. The number of nitrogens with zero attached hydrogens (tertiary/aromatic N) is 1. The van der Waals surface area contributed by atoms with Crippen LogP contribution < -0.4 is 16.0 Å². The Balaban J connectivity index is 1.29. The molecule has 140 valence electrons. The Kier molecular flexibility index (Phi) is 6.22. The predicted molar refractivity (Wildman–Crippen MR) is 97.6 cm³/mol. The number of piperidine rings is 1. The molecule has 0 aromatic heterocycles. The summed E-state index contributed by atoms with van der Waals surface area (Å²) in [7, 11) is 0. The zero-order chi connectivity index (χ0) is 18.4. The van der Waals surface area contributed by atoms with Gasteiger partial charge in [0.2, 0.25) is 5.91 Å². The van der Waals surface area contributed by atoms with Crippen LogP contribution in [0.25, 0.3) is 0 Å². The molecule has 2 aliphatic heterocycles. The van der Waals surface area contributed by atoms with Crippen LogP contribution in [0.4, 0.5) is 4.79 Å². The molecule has 3 rings (SSSR count). The summed E-state index contributed by atoms with van der Waals surface area (Å²) in [6.45, 7) is 3.54. The molecule has 1 aromatic rings. The summed E-state index contributed by atoms with van der Waals surface area (Å²) in [5.41, 5.74) is 1.42. The maximum Gasteiger partial charge on any atom is 0.322 e. The standard InChI is InChI=1S/C19H26N4O3/c24-17(7-6-16-18(25)22-19(26)21-16)20-10-13-23-11-8-15(9-12-23)14-4-2-1-3-5-14/h1-5,15-16H,6-13H2,(H,20,24)(H2,21,22,25,26). The number of urea groups is 1. The molecule has 7 heteroatoms. The van der Waals surface area contributed by atoms with E-state index in [0.717, 1.165) is 32.5 Å². The molecule has 2 aliphatic rings. The van der Waals surface area contributed by atoms with Gasteiger partial charge in [0.05, 0.1) is 0 Å². The fourth-order valence-electron chi connectivity index (χ4n) is 3.59. The Hall–Kier alpha value is -2.41. The summed E-state index contributed by atoms with van der Waals surface area (Å²) in [5, 5.41) is 7.56. The molecule has 1 unspecified atom stereocenters. The summed E-state index contributed by atoms with van der Waals surface area (Å²) >= 11 is 0. The number of likely N-dealkylation sites (tertiary alicyclic amines) is 1. The van der Waals surface area contributed by atoms with Gasteiger partial charge in [0.15, 0.2) is 0 Å². The van der Waals surface area contributed by atoms with E-state index < -0.39 is 12.1 Å². The molecule has 7 nitrogen and oxygen atoms in total. The Morgan fingerprint density at radius 3 is 2.54 bits per heavy atom. The summed E-state index contributed by atoms with van der Waals surface area (Å²) in [6.07, 6.45) is 2.85. The Morgan fingerprint density at radius 2 is 1.88 bits per heavy atom. The molecule has 1 aromatic carbocycles. The monoisotopic (exact) mass is 358 g/mol. The lowest BCUT2D eigenvalue weighted by molar-refractivity contribution is -0.122. The second-order valence-corrected chi connectivity index (χ2v) is 6.93. The van der Waals surface area contributed by atoms with Crippen LogP contribution in [0.5, 0.6) is 0 Å². The molecule has 0 bridgehead atoms. The minimum atomic E-state index is -0.592. The number of amides is 4. The maximum absolute atomic E-state index is 11.9. The number of nitrogens with one attached hydrogen (secondary N) is 3. The van der Waals surface area contributed by atoms with E-state index in [4.69, 9.17) is 0 Å². The van der Waals surface area contributed by atoms with Gasteiger partial charge in [-0.15, -0.1) is 0 Å². The molecular formula is C19H26N4O3. The van der Waals surface area contributed by atoms with Crippen LogP contribution in [0.3, 0.4) is 0 Å². The largest absolute Gasteiger partial charge is 0.355 e. The van der Waals surface area contributed by atoms with E-state index in [0.29, 0.717) is 18.9 Å². The fourth-order valence-corrected chi connectivity index (χ4v) is 3.59. The highest BCUT2D eigenvalue weighted by Crippen LogP contribution is 2.27. The van der Waals surface area contributed by atoms with Crippen LogP contribution in [0.2, 0.25) is 0 Å². The molecule has 0 spiro atoms. The highest BCUT2D eigenvalue weighted by molar-refractivity contribution is 6.04. The van der Waals surface area contributed by atoms with Crippen molar-refractivity contribution >= 4 is 17.8 Å². The molecule has 0 saturated carbocycles. The number of hydrogen-bond acceptors (Lipinski definition) is 4. The number of carbonyl (C=O) groups is 3. The number of rotatable bonds is 7. The topological polar surface area (TPSA) is 90.5 Å². The van der Waals surface area contributed by atoms with E-state index in [9.17, 15) is 14.4 Å². The lowest BCUT2D eigenvalue weighted by atomic mass is 9.89. The first-order valence-electron chi connectivity index (χ1n) is 9.27. The summed E-state index contributed by atoms with van der Waals surface area (Å²) in [5.74, 6) is 0.192. The third-order valence-corrected chi connectivity index (χ3v) is 5.13.